The minimum absolute atomic E-state index is 0.176. The van der Waals surface area contributed by atoms with E-state index in [0.29, 0.717) is 13.1 Å². The lowest BCUT2D eigenvalue weighted by Crippen LogP contribution is -2.24. The zero-order valence-electron chi connectivity index (χ0n) is 12.3. The molecule has 0 unspecified atom stereocenters. The molecule has 0 aliphatic carbocycles. The van der Waals surface area contributed by atoms with E-state index >= 15 is 0 Å². The molecule has 0 bridgehead atoms. The second-order valence-electron chi connectivity index (χ2n) is 5.49. The minimum atomic E-state index is -0.704. The smallest absolute Gasteiger partial charge is 0.308 e. The van der Waals surface area contributed by atoms with Gasteiger partial charge in [0.25, 0.3) is 0 Å². The number of nitrogens with zero attached hydrogens (tertiary/aromatic N) is 3. The van der Waals surface area contributed by atoms with Crippen LogP contribution in [0, 0.1) is 11.8 Å². The maximum absolute atomic E-state index is 11.2. The molecule has 0 radical (unpaired) electrons. The van der Waals surface area contributed by atoms with Gasteiger partial charge in [-0.25, -0.2) is 0 Å². The highest BCUT2D eigenvalue weighted by Crippen LogP contribution is 2.28. The Hall–Kier alpha value is -1.07. The summed E-state index contributed by atoms with van der Waals surface area (Å²) in [5.41, 5.74) is 1.93. The standard InChI is InChI=1S/C14H22ClN3O2/c1-4-11-13(15)12(18(5-2)16-11)8-17-6-9(3)10(7-17)14(19)20/h9-10H,4-8H2,1-3H3,(H,19,20)/t9-,10-/m1/s1. The van der Waals surface area contributed by atoms with E-state index < -0.39 is 5.97 Å². The average molecular weight is 300 g/mol. The van der Waals surface area contributed by atoms with Gasteiger partial charge in [-0.05, 0) is 19.3 Å². The number of hydrogen-bond acceptors (Lipinski definition) is 3. The van der Waals surface area contributed by atoms with E-state index in [1.54, 1.807) is 0 Å². The number of carboxylic acids is 1. The highest BCUT2D eigenvalue weighted by molar-refractivity contribution is 6.31. The SMILES string of the molecule is CCc1nn(CC)c(CN2C[C@@H](C)[C@H](C(=O)O)C2)c1Cl. The molecule has 0 aromatic carbocycles. The predicted octanol–water partition coefficient (Wildman–Crippen LogP) is 2.27. The van der Waals surface area contributed by atoms with Crippen molar-refractivity contribution in [1.82, 2.24) is 14.7 Å². The highest BCUT2D eigenvalue weighted by Gasteiger charge is 2.35. The number of aromatic nitrogens is 2. The molecule has 0 spiro atoms. The number of hydrogen-bond donors (Lipinski definition) is 1. The van der Waals surface area contributed by atoms with Crippen LogP contribution < -0.4 is 0 Å². The van der Waals surface area contributed by atoms with E-state index in [1.165, 1.54) is 0 Å². The van der Waals surface area contributed by atoms with Crippen LogP contribution >= 0.6 is 11.6 Å². The average Bonchev–Trinajstić information content (AvgIpc) is 2.92. The van der Waals surface area contributed by atoms with Gasteiger partial charge < -0.3 is 5.11 Å². The van der Waals surface area contributed by atoms with Gasteiger partial charge in [0.2, 0.25) is 0 Å². The molecule has 1 aromatic heterocycles. The van der Waals surface area contributed by atoms with E-state index in [0.717, 1.165) is 35.9 Å². The fourth-order valence-electron chi connectivity index (χ4n) is 2.90. The highest BCUT2D eigenvalue weighted by atomic mass is 35.5. The molecule has 1 fully saturated rings. The summed E-state index contributed by atoms with van der Waals surface area (Å²) in [6.45, 7) is 8.91. The topological polar surface area (TPSA) is 58.4 Å². The lowest BCUT2D eigenvalue weighted by molar-refractivity contribution is -0.142. The van der Waals surface area contributed by atoms with Gasteiger partial charge in [0.15, 0.2) is 0 Å². The molecular formula is C14H22ClN3O2. The van der Waals surface area contributed by atoms with Crippen molar-refractivity contribution >= 4 is 17.6 Å². The van der Waals surface area contributed by atoms with Crippen molar-refractivity contribution in [2.45, 2.75) is 40.3 Å². The summed E-state index contributed by atoms with van der Waals surface area (Å²) in [7, 11) is 0. The number of carbonyl (C=O) groups is 1. The van der Waals surface area contributed by atoms with E-state index in [2.05, 4.69) is 10.00 Å². The van der Waals surface area contributed by atoms with Crippen molar-refractivity contribution in [2.24, 2.45) is 11.8 Å². The second-order valence-corrected chi connectivity index (χ2v) is 5.87. The molecule has 1 saturated heterocycles. The number of aliphatic carboxylic acids is 1. The number of carboxylic acid groups (broad SMARTS) is 1. The van der Waals surface area contributed by atoms with Crippen LogP contribution in [0.4, 0.5) is 0 Å². The maximum atomic E-state index is 11.2. The molecule has 20 heavy (non-hydrogen) atoms. The first-order chi connectivity index (χ1) is 9.47. The largest absolute Gasteiger partial charge is 0.481 e. The number of aryl methyl sites for hydroxylation is 2. The molecule has 1 aliphatic heterocycles. The summed E-state index contributed by atoms with van der Waals surface area (Å²) < 4.78 is 1.93. The second kappa shape index (κ2) is 6.14. The third-order valence-electron chi connectivity index (χ3n) is 4.07. The monoisotopic (exact) mass is 299 g/mol. The Bertz CT molecular complexity index is 501. The molecular weight excluding hydrogens is 278 g/mol. The van der Waals surface area contributed by atoms with Crippen molar-refractivity contribution in [1.29, 1.82) is 0 Å². The van der Waals surface area contributed by atoms with Crippen LogP contribution in [0.1, 0.15) is 32.2 Å². The van der Waals surface area contributed by atoms with E-state index in [1.807, 2.05) is 25.5 Å². The van der Waals surface area contributed by atoms with Gasteiger partial charge in [-0.3, -0.25) is 14.4 Å². The summed E-state index contributed by atoms with van der Waals surface area (Å²) in [6, 6.07) is 0. The van der Waals surface area contributed by atoms with E-state index in [4.69, 9.17) is 11.6 Å². The lowest BCUT2D eigenvalue weighted by atomic mass is 9.99. The Balaban J connectivity index is 2.15. The van der Waals surface area contributed by atoms with Crippen LogP contribution in [0.5, 0.6) is 0 Å². The van der Waals surface area contributed by atoms with Crippen molar-refractivity contribution in [3.8, 4) is 0 Å². The fraction of sp³-hybridized carbons (Fsp3) is 0.714. The molecule has 112 valence electrons. The van der Waals surface area contributed by atoms with Crippen LogP contribution in [0.25, 0.3) is 0 Å². The molecule has 2 rings (SSSR count). The van der Waals surface area contributed by atoms with Crippen molar-refractivity contribution < 1.29 is 9.90 Å². The van der Waals surface area contributed by atoms with Gasteiger partial charge in [0, 0.05) is 26.2 Å². The first kappa shape index (κ1) is 15.3. The molecule has 2 heterocycles. The summed E-state index contributed by atoms with van der Waals surface area (Å²) in [5.74, 6) is -0.809. The Labute approximate surface area is 124 Å². The number of halogens is 1. The normalized spacial score (nSPS) is 23.4. The molecule has 1 aliphatic rings. The van der Waals surface area contributed by atoms with Crippen LogP contribution in [-0.2, 0) is 24.3 Å². The van der Waals surface area contributed by atoms with Crippen molar-refractivity contribution in [3.63, 3.8) is 0 Å². The van der Waals surface area contributed by atoms with Gasteiger partial charge in [0.1, 0.15) is 0 Å². The molecule has 6 heteroatoms. The zero-order valence-corrected chi connectivity index (χ0v) is 13.0. The van der Waals surface area contributed by atoms with Gasteiger partial charge >= 0.3 is 5.97 Å². The molecule has 0 amide bonds. The maximum Gasteiger partial charge on any atom is 0.308 e. The van der Waals surface area contributed by atoms with Crippen LogP contribution in [0.3, 0.4) is 0 Å². The summed E-state index contributed by atoms with van der Waals surface area (Å²) in [4.78, 5) is 13.3. The zero-order chi connectivity index (χ0) is 14.9. The third-order valence-corrected chi connectivity index (χ3v) is 4.51. The van der Waals surface area contributed by atoms with E-state index in [-0.39, 0.29) is 11.8 Å². The molecule has 5 nitrogen and oxygen atoms in total. The van der Waals surface area contributed by atoms with Crippen molar-refractivity contribution in [3.05, 3.63) is 16.4 Å². The first-order valence-electron chi connectivity index (χ1n) is 7.17. The lowest BCUT2D eigenvalue weighted by Gasteiger charge is -2.16. The summed E-state index contributed by atoms with van der Waals surface area (Å²) >= 11 is 6.40. The Kier molecular flexibility index (Phi) is 4.70. The Morgan fingerprint density at radius 1 is 1.45 bits per heavy atom. The Morgan fingerprint density at radius 2 is 2.15 bits per heavy atom. The van der Waals surface area contributed by atoms with Crippen LogP contribution in [0.2, 0.25) is 5.02 Å². The molecule has 1 N–H and O–H groups in total. The fourth-order valence-corrected chi connectivity index (χ4v) is 3.23. The minimum Gasteiger partial charge on any atom is -0.481 e. The number of rotatable bonds is 5. The molecule has 0 saturated carbocycles. The Morgan fingerprint density at radius 3 is 2.65 bits per heavy atom. The number of likely N-dealkylation sites (tertiary alicyclic amines) is 1. The van der Waals surface area contributed by atoms with Gasteiger partial charge in [-0.1, -0.05) is 25.4 Å². The van der Waals surface area contributed by atoms with Gasteiger partial charge in [-0.2, -0.15) is 5.10 Å². The predicted molar refractivity (Wildman–Crippen MR) is 77.9 cm³/mol. The summed E-state index contributed by atoms with van der Waals surface area (Å²) in [6.07, 6.45) is 0.812. The van der Waals surface area contributed by atoms with Gasteiger partial charge in [0.05, 0.1) is 22.3 Å². The van der Waals surface area contributed by atoms with Crippen molar-refractivity contribution in [2.75, 3.05) is 13.1 Å². The first-order valence-corrected chi connectivity index (χ1v) is 7.54. The quantitative estimate of drug-likeness (QED) is 0.906. The van der Waals surface area contributed by atoms with Crippen LogP contribution in [-0.4, -0.2) is 38.8 Å². The molecule has 1 aromatic rings. The van der Waals surface area contributed by atoms with Crippen LogP contribution in [0.15, 0.2) is 0 Å². The molecule has 2 atom stereocenters. The van der Waals surface area contributed by atoms with E-state index in [9.17, 15) is 9.90 Å². The summed E-state index contributed by atoms with van der Waals surface area (Å²) in [5, 5.41) is 14.4. The third kappa shape index (κ3) is 2.83. The van der Waals surface area contributed by atoms with Gasteiger partial charge in [-0.15, -0.1) is 0 Å².